The zero-order chi connectivity index (χ0) is 23.2. The highest BCUT2D eigenvalue weighted by Crippen LogP contribution is 2.36. The van der Waals surface area contributed by atoms with Gasteiger partial charge in [-0.25, -0.2) is 14.1 Å². The lowest BCUT2D eigenvalue weighted by molar-refractivity contribution is -0.127. The van der Waals surface area contributed by atoms with E-state index in [4.69, 9.17) is 14.2 Å². The number of benzene rings is 2. The van der Waals surface area contributed by atoms with E-state index in [9.17, 15) is 9.18 Å². The molecule has 1 amide bonds. The van der Waals surface area contributed by atoms with Gasteiger partial charge in [0, 0.05) is 25.1 Å². The number of nitrogens with zero attached hydrogens (tertiary/aromatic N) is 3. The number of carbonyl (C=O) groups is 1. The number of nitrogens with one attached hydrogen (secondary N) is 1. The van der Waals surface area contributed by atoms with Crippen molar-refractivity contribution in [1.82, 2.24) is 20.2 Å². The number of rotatable bonds is 8. The highest BCUT2D eigenvalue weighted by Gasteiger charge is 2.22. The standard InChI is InChI=1S/C24H27FN4O4/c1-17-20(11-12-23(30)27-28-13-15-32-16-14-28)24(33-22-6-4-3-5-21(22)31-2)29(26-17)19-9-7-18(25)8-10-19/h3-10H,11-16H2,1-2H3,(H,27,30). The molecule has 1 saturated heterocycles. The van der Waals surface area contributed by atoms with Crippen molar-refractivity contribution in [2.24, 2.45) is 0 Å². The summed E-state index contributed by atoms with van der Waals surface area (Å²) in [7, 11) is 1.57. The Labute approximate surface area is 191 Å². The van der Waals surface area contributed by atoms with E-state index in [1.54, 1.807) is 36.1 Å². The topological polar surface area (TPSA) is 77.8 Å². The molecule has 0 radical (unpaired) electrons. The number of methoxy groups -OCH3 is 1. The molecule has 1 aliphatic rings. The summed E-state index contributed by atoms with van der Waals surface area (Å²) in [5.74, 6) is 1.12. The predicted octanol–water partition coefficient (Wildman–Crippen LogP) is 3.42. The van der Waals surface area contributed by atoms with Crippen molar-refractivity contribution in [3.63, 3.8) is 0 Å². The molecule has 9 heteroatoms. The van der Waals surface area contributed by atoms with Crippen LogP contribution in [-0.2, 0) is 16.0 Å². The Kier molecular flexibility index (Phi) is 7.21. The molecule has 33 heavy (non-hydrogen) atoms. The maximum Gasteiger partial charge on any atom is 0.234 e. The molecule has 0 bridgehead atoms. The molecule has 0 unspecified atom stereocenters. The molecule has 2 aromatic carbocycles. The fourth-order valence-electron chi connectivity index (χ4n) is 3.64. The van der Waals surface area contributed by atoms with E-state index in [0.717, 1.165) is 11.3 Å². The first-order chi connectivity index (χ1) is 16.0. The van der Waals surface area contributed by atoms with Gasteiger partial charge in [0.25, 0.3) is 0 Å². The molecule has 0 spiro atoms. The lowest BCUT2D eigenvalue weighted by Gasteiger charge is -2.26. The normalized spacial score (nSPS) is 14.2. The Morgan fingerprint density at radius 2 is 1.82 bits per heavy atom. The minimum Gasteiger partial charge on any atom is -0.493 e. The molecule has 1 aliphatic heterocycles. The van der Waals surface area contributed by atoms with Gasteiger partial charge in [-0.05, 0) is 49.7 Å². The Balaban J connectivity index is 1.61. The van der Waals surface area contributed by atoms with Crippen LogP contribution in [0.5, 0.6) is 17.4 Å². The van der Waals surface area contributed by atoms with Crippen molar-refractivity contribution >= 4 is 5.91 Å². The third-order valence-electron chi connectivity index (χ3n) is 5.38. The van der Waals surface area contributed by atoms with E-state index in [1.165, 1.54) is 12.1 Å². The first kappa shape index (κ1) is 22.8. The third kappa shape index (κ3) is 5.50. The quantitative estimate of drug-likeness (QED) is 0.562. The first-order valence-electron chi connectivity index (χ1n) is 10.8. The van der Waals surface area contributed by atoms with Crippen LogP contribution in [0.3, 0.4) is 0 Å². The Morgan fingerprint density at radius 3 is 2.52 bits per heavy atom. The highest BCUT2D eigenvalue weighted by atomic mass is 19.1. The molecule has 8 nitrogen and oxygen atoms in total. The Morgan fingerprint density at radius 1 is 1.12 bits per heavy atom. The largest absolute Gasteiger partial charge is 0.493 e. The molecule has 0 saturated carbocycles. The molecule has 0 atom stereocenters. The minimum absolute atomic E-state index is 0.0888. The van der Waals surface area contributed by atoms with Crippen molar-refractivity contribution in [2.45, 2.75) is 19.8 Å². The van der Waals surface area contributed by atoms with Crippen molar-refractivity contribution in [1.29, 1.82) is 0 Å². The summed E-state index contributed by atoms with van der Waals surface area (Å²) in [6.07, 6.45) is 0.684. The fourth-order valence-corrected chi connectivity index (χ4v) is 3.64. The minimum atomic E-state index is -0.338. The first-order valence-corrected chi connectivity index (χ1v) is 10.8. The summed E-state index contributed by atoms with van der Waals surface area (Å²) in [6.45, 7) is 4.39. The maximum absolute atomic E-state index is 13.5. The van der Waals surface area contributed by atoms with E-state index in [-0.39, 0.29) is 18.1 Å². The summed E-state index contributed by atoms with van der Waals surface area (Å²) < 4.78 is 32.1. The van der Waals surface area contributed by atoms with Gasteiger partial charge in [0.2, 0.25) is 11.8 Å². The molecular formula is C24H27FN4O4. The number of aryl methyl sites for hydroxylation is 1. The lowest BCUT2D eigenvalue weighted by Crippen LogP contribution is -2.48. The molecule has 4 rings (SSSR count). The number of halogens is 1. The van der Waals surface area contributed by atoms with Crippen LogP contribution in [-0.4, -0.2) is 54.1 Å². The molecule has 1 fully saturated rings. The number of para-hydroxylation sites is 2. The number of hydrogen-bond donors (Lipinski definition) is 1. The number of amides is 1. The van der Waals surface area contributed by atoms with E-state index in [1.807, 2.05) is 24.1 Å². The van der Waals surface area contributed by atoms with Crippen LogP contribution in [0, 0.1) is 12.7 Å². The van der Waals surface area contributed by atoms with Gasteiger partial charge < -0.3 is 14.2 Å². The maximum atomic E-state index is 13.5. The van der Waals surface area contributed by atoms with Crippen LogP contribution in [0.25, 0.3) is 5.69 Å². The average molecular weight is 455 g/mol. The summed E-state index contributed by atoms with van der Waals surface area (Å²) in [6, 6.07) is 13.3. The van der Waals surface area contributed by atoms with Crippen LogP contribution in [0.1, 0.15) is 17.7 Å². The highest BCUT2D eigenvalue weighted by molar-refractivity contribution is 5.75. The van der Waals surface area contributed by atoms with Crippen LogP contribution in [0.2, 0.25) is 0 Å². The molecule has 3 aromatic rings. The molecule has 1 aromatic heterocycles. The van der Waals surface area contributed by atoms with E-state index in [0.29, 0.717) is 55.8 Å². The number of morpholine rings is 1. The van der Waals surface area contributed by atoms with Crippen LogP contribution in [0.4, 0.5) is 4.39 Å². The van der Waals surface area contributed by atoms with Crippen molar-refractivity contribution < 1.29 is 23.4 Å². The number of hydrazine groups is 1. The Hall–Kier alpha value is -3.43. The molecular weight excluding hydrogens is 427 g/mol. The van der Waals surface area contributed by atoms with Gasteiger partial charge in [0.1, 0.15) is 5.82 Å². The predicted molar refractivity (Wildman–Crippen MR) is 120 cm³/mol. The van der Waals surface area contributed by atoms with Crippen LogP contribution < -0.4 is 14.9 Å². The van der Waals surface area contributed by atoms with Gasteiger partial charge in [-0.15, -0.1) is 0 Å². The zero-order valence-electron chi connectivity index (χ0n) is 18.7. The smallest absolute Gasteiger partial charge is 0.234 e. The second-order valence-electron chi connectivity index (χ2n) is 7.64. The van der Waals surface area contributed by atoms with Gasteiger partial charge >= 0.3 is 0 Å². The van der Waals surface area contributed by atoms with E-state index in [2.05, 4.69) is 10.5 Å². The van der Waals surface area contributed by atoms with Crippen molar-refractivity contribution in [2.75, 3.05) is 33.4 Å². The summed E-state index contributed by atoms with van der Waals surface area (Å²) >= 11 is 0. The van der Waals surface area contributed by atoms with Gasteiger partial charge in [-0.1, -0.05) is 12.1 Å². The SMILES string of the molecule is COc1ccccc1Oc1c(CCC(=O)NN2CCOCC2)c(C)nn1-c1ccc(F)cc1. The second-order valence-corrected chi connectivity index (χ2v) is 7.64. The molecule has 174 valence electrons. The van der Waals surface area contributed by atoms with Gasteiger partial charge in [0.15, 0.2) is 11.5 Å². The lowest BCUT2D eigenvalue weighted by atomic mass is 10.1. The summed E-state index contributed by atoms with van der Waals surface area (Å²) in [4.78, 5) is 12.6. The number of hydrogen-bond acceptors (Lipinski definition) is 6. The number of aromatic nitrogens is 2. The van der Waals surface area contributed by atoms with Gasteiger partial charge in [-0.3, -0.25) is 10.2 Å². The zero-order valence-corrected chi connectivity index (χ0v) is 18.7. The third-order valence-corrected chi connectivity index (χ3v) is 5.38. The van der Waals surface area contributed by atoms with Crippen molar-refractivity contribution in [3.8, 4) is 23.1 Å². The van der Waals surface area contributed by atoms with Crippen molar-refractivity contribution in [3.05, 3.63) is 65.6 Å². The van der Waals surface area contributed by atoms with Gasteiger partial charge in [-0.2, -0.15) is 5.10 Å². The van der Waals surface area contributed by atoms with E-state index >= 15 is 0 Å². The second kappa shape index (κ2) is 10.5. The number of carbonyl (C=O) groups excluding carboxylic acids is 1. The molecule has 0 aliphatic carbocycles. The summed E-state index contributed by atoms with van der Waals surface area (Å²) in [5.41, 5.74) is 5.09. The molecule has 2 heterocycles. The van der Waals surface area contributed by atoms with Gasteiger partial charge in [0.05, 0.1) is 31.7 Å². The monoisotopic (exact) mass is 454 g/mol. The average Bonchev–Trinajstić information content (AvgIpc) is 3.14. The van der Waals surface area contributed by atoms with Crippen LogP contribution >= 0.6 is 0 Å². The molecule has 1 N–H and O–H groups in total. The van der Waals surface area contributed by atoms with E-state index < -0.39 is 0 Å². The van der Waals surface area contributed by atoms with Crippen LogP contribution in [0.15, 0.2) is 48.5 Å². The fraction of sp³-hybridized carbons (Fsp3) is 0.333. The Bertz CT molecular complexity index is 1090. The summed E-state index contributed by atoms with van der Waals surface area (Å²) in [5, 5.41) is 6.49. The number of ether oxygens (including phenoxy) is 3.